The second-order valence-electron chi connectivity index (χ2n) is 5.42. The van der Waals surface area contributed by atoms with E-state index < -0.39 is 10.0 Å². The molecule has 0 saturated carbocycles. The van der Waals surface area contributed by atoms with Crippen molar-refractivity contribution in [1.29, 1.82) is 0 Å². The van der Waals surface area contributed by atoms with Crippen LogP contribution in [0.1, 0.15) is 12.5 Å². The van der Waals surface area contributed by atoms with E-state index in [0.717, 1.165) is 5.56 Å². The van der Waals surface area contributed by atoms with Gasteiger partial charge < -0.3 is 4.74 Å². The quantitative estimate of drug-likeness (QED) is 0.705. The Morgan fingerprint density at radius 1 is 1.08 bits per heavy atom. The standard InChI is InChI=1S/C18H19N3O3S/c1-2-24-17-8-10-18(11-9-17)25(22,23)20-16-12-19-21(14-16)13-15-6-4-3-5-7-15/h3-12,14,20H,2,13H2,1H3. The van der Waals surface area contributed by atoms with Crippen molar-refractivity contribution < 1.29 is 13.2 Å². The molecule has 0 spiro atoms. The average Bonchev–Trinajstić information content (AvgIpc) is 3.03. The Labute approximate surface area is 147 Å². The minimum absolute atomic E-state index is 0.173. The second-order valence-corrected chi connectivity index (χ2v) is 7.10. The van der Waals surface area contributed by atoms with E-state index >= 15 is 0 Å². The average molecular weight is 357 g/mol. The van der Waals surface area contributed by atoms with Gasteiger partial charge in [-0.1, -0.05) is 30.3 Å². The van der Waals surface area contributed by atoms with Crippen molar-refractivity contribution in [3.05, 3.63) is 72.6 Å². The summed E-state index contributed by atoms with van der Waals surface area (Å²) in [6, 6.07) is 16.1. The molecule has 6 nitrogen and oxygen atoms in total. The second kappa shape index (κ2) is 7.40. The molecule has 7 heteroatoms. The Hall–Kier alpha value is -2.80. The van der Waals surface area contributed by atoms with Crippen LogP contribution in [0.4, 0.5) is 5.69 Å². The number of ether oxygens (including phenoxy) is 1. The summed E-state index contributed by atoms with van der Waals surface area (Å²) in [6.45, 7) is 2.98. The van der Waals surface area contributed by atoms with Gasteiger partial charge in [0.1, 0.15) is 5.75 Å². The van der Waals surface area contributed by atoms with Crippen molar-refractivity contribution in [2.45, 2.75) is 18.4 Å². The third kappa shape index (κ3) is 4.39. The summed E-state index contributed by atoms with van der Waals surface area (Å²) < 4.78 is 34.4. The van der Waals surface area contributed by atoms with Crippen LogP contribution in [0.25, 0.3) is 0 Å². The Morgan fingerprint density at radius 2 is 1.80 bits per heavy atom. The first-order valence-electron chi connectivity index (χ1n) is 7.89. The highest BCUT2D eigenvalue weighted by Crippen LogP contribution is 2.19. The summed E-state index contributed by atoms with van der Waals surface area (Å²) in [5.74, 6) is 0.636. The minimum Gasteiger partial charge on any atom is -0.494 e. The molecule has 0 unspecified atom stereocenters. The van der Waals surface area contributed by atoms with Gasteiger partial charge in [0.25, 0.3) is 10.0 Å². The van der Waals surface area contributed by atoms with Crippen LogP contribution >= 0.6 is 0 Å². The molecule has 1 aromatic heterocycles. The van der Waals surface area contributed by atoms with Crippen molar-refractivity contribution in [1.82, 2.24) is 9.78 Å². The molecule has 0 bridgehead atoms. The lowest BCUT2D eigenvalue weighted by Crippen LogP contribution is -2.12. The number of hydrogen-bond acceptors (Lipinski definition) is 4. The van der Waals surface area contributed by atoms with Crippen LogP contribution in [0, 0.1) is 0 Å². The number of aromatic nitrogens is 2. The number of anilines is 1. The van der Waals surface area contributed by atoms with E-state index in [9.17, 15) is 8.42 Å². The maximum Gasteiger partial charge on any atom is 0.261 e. The van der Waals surface area contributed by atoms with E-state index in [0.29, 0.717) is 24.6 Å². The van der Waals surface area contributed by atoms with Gasteiger partial charge in [-0.3, -0.25) is 9.40 Å². The number of nitrogens with zero attached hydrogens (tertiary/aromatic N) is 2. The van der Waals surface area contributed by atoms with E-state index in [4.69, 9.17) is 4.74 Å². The number of sulfonamides is 1. The minimum atomic E-state index is -3.66. The smallest absolute Gasteiger partial charge is 0.261 e. The number of benzene rings is 2. The van der Waals surface area contributed by atoms with Crippen LogP contribution in [0.3, 0.4) is 0 Å². The number of hydrogen-bond donors (Lipinski definition) is 1. The van der Waals surface area contributed by atoms with E-state index in [-0.39, 0.29) is 4.90 Å². The fraction of sp³-hybridized carbons (Fsp3) is 0.167. The van der Waals surface area contributed by atoms with E-state index in [1.807, 2.05) is 37.3 Å². The molecule has 130 valence electrons. The largest absolute Gasteiger partial charge is 0.494 e. The summed E-state index contributed by atoms with van der Waals surface area (Å²) >= 11 is 0. The lowest BCUT2D eigenvalue weighted by molar-refractivity contribution is 0.340. The molecule has 25 heavy (non-hydrogen) atoms. The summed E-state index contributed by atoms with van der Waals surface area (Å²) in [4.78, 5) is 0.173. The first-order valence-corrected chi connectivity index (χ1v) is 9.37. The highest BCUT2D eigenvalue weighted by Gasteiger charge is 2.15. The molecule has 0 fully saturated rings. The lowest BCUT2D eigenvalue weighted by atomic mass is 10.2. The van der Waals surface area contributed by atoms with E-state index in [1.165, 1.54) is 18.3 Å². The highest BCUT2D eigenvalue weighted by molar-refractivity contribution is 7.92. The van der Waals surface area contributed by atoms with Gasteiger partial charge in [-0.05, 0) is 36.8 Å². The Kier molecular flexibility index (Phi) is 5.04. The van der Waals surface area contributed by atoms with Crippen LogP contribution in [0.2, 0.25) is 0 Å². The SMILES string of the molecule is CCOc1ccc(S(=O)(=O)Nc2cnn(Cc3ccccc3)c2)cc1. The molecular formula is C18H19N3O3S. The van der Waals surface area contributed by atoms with Crippen LogP contribution in [-0.4, -0.2) is 24.8 Å². The van der Waals surface area contributed by atoms with Gasteiger partial charge in [-0.2, -0.15) is 5.10 Å². The summed E-state index contributed by atoms with van der Waals surface area (Å²) in [5, 5.41) is 4.20. The van der Waals surface area contributed by atoms with Gasteiger partial charge in [-0.15, -0.1) is 0 Å². The number of nitrogens with one attached hydrogen (secondary N) is 1. The van der Waals surface area contributed by atoms with Crippen LogP contribution in [0.15, 0.2) is 71.9 Å². The molecule has 0 atom stereocenters. The van der Waals surface area contributed by atoms with Crippen molar-refractivity contribution in [3.63, 3.8) is 0 Å². The summed E-state index contributed by atoms with van der Waals surface area (Å²) in [5.41, 5.74) is 1.51. The van der Waals surface area contributed by atoms with Gasteiger partial charge in [0, 0.05) is 6.20 Å². The Morgan fingerprint density at radius 3 is 2.48 bits per heavy atom. The van der Waals surface area contributed by atoms with Gasteiger partial charge in [0.2, 0.25) is 0 Å². The molecule has 3 aromatic rings. The fourth-order valence-electron chi connectivity index (χ4n) is 2.37. The third-order valence-electron chi connectivity index (χ3n) is 3.52. The Bertz CT molecular complexity index is 920. The third-order valence-corrected chi connectivity index (χ3v) is 4.92. The maximum absolute atomic E-state index is 12.4. The van der Waals surface area contributed by atoms with Crippen molar-refractivity contribution in [2.24, 2.45) is 0 Å². The molecule has 0 aliphatic rings. The zero-order chi connectivity index (χ0) is 17.7. The fourth-order valence-corrected chi connectivity index (χ4v) is 3.40. The molecule has 2 aromatic carbocycles. The summed E-state index contributed by atoms with van der Waals surface area (Å²) in [7, 11) is -3.66. The first kappa shape index (κ1) is 17.0. The molecule has 0 aliphatic heterocycles. The van der Waals surface area contributed by atoms with Crippen LogP contribution in [0.5, 0.6) is 5.75 Å². The van der Waals surface area contributed by atoms with Crippen molar-refractivity contribution >= 4 is 15.7 Å². The van der Waals surface area contributed by atoms with E-state index in [1.54, 1.807) is 23.0 Å². The number of rotatable bonds is 7. The first-order chi connectivity index (χ1) is 12.1. The van der Waals surface area contributed by atoms with E-state index in [2.05, 4.69) is 9.82 Å². The molecule has 1 N–H and O–H groups in total. The van der Waals surface area contributed by atoms with Gasteiger partial charge in [0.05, 0.1) is 29.9 Å². The zero-order valence-corrected chi connectivity index (χ0v) is 14.6. The van der Waals surface area contributed by atoms with Crippen molar-refractivity contribution in [2.75, 3.05) is 11.3 Å². The van der Waals surface area contributed by atoms with Crippen LogP contribution < -0.4 is 9.46 Å². The van der Waals surface area contributed by atoms with Gasteiger partial charge >= 0.3 is 0 Å². The molecule has 0 amide bonds. The lowest BCUT2D eigenvalue weighted by Gasteiger charge is -2.07. The Balaban J connectivity index is 1.70. The van der Waals surface area contributed by atoms with Crippen LogP contribution in [-0.2, 0) is 16.6 Å². The normalized spacial score (nSPS) is 11.2. The van der Waals surface area contributed by atoms with Crippen molar-refractivity contribution in [3.8, 4) is 5.75 Å². The summed E-state index contributed by atoms with van der Waals surface area (Å²) in [6.07, 6.45) is 3.16. The van der Waals surface area contributed by atoms with Gasteiger partial charge in [0.15, 0.2) is 0 Å². The zero-order valence-electron chi connectivity index (χ0n) is 13.8. The molecule has 0 aliphatic carbocycles. The predicted octanol–water partition coefficient (Wildman–Crippen LogP) is 3.13. The maximum atomic E-state index is 12.4. The molecule has 1 heterocycles. The molecule has 0 radical (unpaired) electrons. The highest BCUT2D eigenvalue weighted by atomic mass is 32.2. The van der Waals surface area contributed by atoms with Gasteiger partial charge in [-0.25, -0.2) is 8.42 Å². The molecule has 3 rings (SSSR count). The topological polar surface area (TPSA) is 73.2 Å². The predicted molar refractivity (Wildman–Crippen MR) is 96.2 cm³/mol. The molecular weight excluding hydrogens is 338 g/mol. The molecule has 0 saturated heterocycles. The monoisotopic (exact) mass is 357 g/mol.